The van der Waals surface area contributed by atoms with Gasteiger partial charge in [0.1, 0.15) is 6.61 Å². The summed E-state index contributed by atoms with van der Waals surface area (Å²) in [7, 11) is 0. The Morgan fingerprint density at radius 3 is 2.69 bits per heavy atom. The van der Waals surface area contributed by atoms with Gasteiger partial charge in [0, 0.05) is 5.38 Å². The van der Waals surface area contributed by atoms with Crippen molar-refractivity contribution in [2.75, 3.05) is 19.8 Å². The van der Waals surface area contributed by atoms with E-state index in [0.29, 0.717) is 25.6 Å². The Morgan fingerprint density at radius 2 is 1.97 bits per heavy atom. The average molecular weight is 431 g/mol. The number of esters is 1. The standard InChI is InChI=1S/C23H39ClO5/c1-2-13-29-23(27)16-28-14-7-6-10-18-19(22(26)15-20(18)24)11-12-21(25)17-8-4-3-5-9-17/h6-7,17-22,25-26H,2-5,8-16H2,1H3/b7-6-/t18-,19-,20-,21-,22-/m1/s1. The molecular weight excluding hydrogens is 392 g/mol. The van der Waals surface area contributed by atoms with E-state index < -0.39 is 0 Å². The minimum absolute atomic E-state index is 0.0354. The number of rotatable bonds is 12. The maximum Gasteiger partial charge on any atom is 0.332 e. The number of carbonyl (C=O) groups is 1. The Labute approximate surface area is 180 Å². The van der Waals surface area contributed by atoms with Crippen molar-refractivity contribution in [3.05, 3.63) is 12.2 Å². The molecule has 0 aromatic heterocycles. The molecule has 0 aromatic rings. The maximum absolute atomic E-state index is 11.4. The van der Waals surface area contributed by atoms with E-state index in [1.54, 1.807) is 0 Å². The van der Waals surface area contributed by atoms with Crippen LogP contribution in [0.5, 0.6) is 0 Å². The molecule has 2 rings (SSSR count). The van der Waals surface area contributed by atoms with Gasteiger partial charge in [-0.1, -0.05) is 38.3 Å². The summed E-state index contributed by atoms with van der Waals surface area (Å²) in [6, 6.07) is 0. The van der Waals surface area contributed by atoms with E-state index in [1.807, 2.05) is 19.1 Å². The van der Waals surface area contributed by atoms with Crippen LogP contribution < -0.4 is 0 Å². The highest BCUT2D eigenvalue weighted by Gasteiger charge is 2.40. The van der Waals surface area contributed by atoms with Crippen LogP contribution in [0.1, 0.15) is 71.1 Å². The zero-order valence-electron chi connectivity index (χ0n) is 17.8. The Hall–Kier alpha value is -0.620. The number of carbonyl (C=O) groups excluding carboxylic acids is 1. The SMILES string of the molecule is CCCOC(=O)COC/C=C\C[C@@H]1[C@@H](CC[C@@H](O)C2CCCCC2)[C@H](O)C[C@H]1Cl. The van der Waals surface area contributed by atoms with Gasteiger partial charge < -0.3 is 19.7 Å². The fourth-order valence-electron chi connectivity index (χ4n) is 4.77. The molecule has 0 bridgehead atoms. The number of aliphatic hydroxyl groups excluding tert-OH is 2. The molecule has 6 heteroatoms. The molecule has 2 saturated carbocycles. The molecule has 2 fully saturated rings. The Kier molecular flexibility index (Phi) is 11.6. The third-order valence-electron chi connectivity index (χ3n) is 6.44. The number of hydrogen-bond acceptors (Lipinski definition) is 5. The summed E-state index contributed by atoms with van der Waals surface area (Å²) in [6.07, 6.45) is 13.0. The van der Waals surface area contributed by atoms with Crippen molar-refractivity contribution in [1.29, 1.82) is 0 Å². The normalized spacial score (nSPS) is 29.4. The van der Waals surface area contributed by atoms with Gasteiger partial charge in [0.2, 0.25) is 0 Å². The summed E-state index contributed by atoms with van der Waals surface area (Å²) in [5.74, 6) is 0.423. The number of aliphatic hydroxyl groups is 2. The predicted molar refractivity (Wildman–Crippen MR) is 115 cm³/mol. The summed E-state index contributed by atoms with van der Waals surface area (Å²) >= 11 is 6.51. The molecule has 2 N–H and O–H groups in total. The van der Waals surface area contributed by atoms with Crippen LogP contribution in [0.25, 0.3) is 0 Å². The lowest BCUT2D eigenvalue weighted by Gasteiger charge is -2.29. The zero-order valence-corrected chi connectivity index (χ0v) is 18.6. The highest BCUT2D eigenvalue weighted by molar-refractivity contribution is 6.21. The molecule has 5 atom stereocenters. The van der Waals surface area contributed by atoms with Crippen molar-refractivity contribution < 1.29 is 24.5 Å². The van der Waals surface area contributed by atoms with E-state index in [1.165, 1.54) is 19.3 Å². The molecule has 29 heavy (non-hydrogen) atoms. The van der Waals surface area contributed by atoms with Crippen LogP contribution in [0.2, 0.25) is 0 Å². The zero-order chi connectivity index (χ0) is 21.1. The van der Waals surface area contributed by atoms with Crippen molar-refractivity contribution in [3.8, 4) is 0 Å². The van der Waals surface area contributed by atoms with Gasteiger partial charge in [-0.2, -0.15) is 0 Å². The summed E-state index contributed by atoms with van der Waals surface area (Å²) in [4.78, 5) is 11.4. The van der Waals surface area contributed by atoms with Crippen LogP contribution in [0, 0.1) is 17.8 Å². The van der Waals surface area contributed by atoms with E-state index in [2.05, 4.69) is 0 Å². The lowest BCUT2D eigenvalue weighted by Crippen LogP contribution is -2.26. The van der Waals surface area contributed by atoms with Gasteiger partial charge in [0.25, 0.3) is 0 Å². The third-order valence-corrected chi connectivity index (χ3v) is 6.94. The van der Waals surface area contributed by atoms with E-state index in [4.69, 9.17) is 21.1 Å². The fourth-order valence-corrected chi connectivity index (χ4v) is 5.24. The molecule has 2 aliphatic rings. The van der Waals surface area contributed by atoms with Gasteiger partial charge in [0.15, 0.2) is 0 Å². The molecule has 2 aliphatic carbocycles. The molecule has 0 spiro atoms. The van der Waals surface area contributed by atoms with Gasteiger partial charge in [0.05, 0.1) is 25.4 Å². The van der Waals surface area contributed by atoms with E-state index in [-0.39, 0.29) is 42.0 Å². The highest BCUT2D eigenvalue weighted by atomic mass is 35.5. The summed E-state index contributed by atoms with van der Waals surface area (Å²) in [6.45, 7) is 2.70. The smallest absolute Gasteiger partial charge is 0.332 e. The molecular formula is C23H39ClO5. The van der Waals surface area contributed by atoms with Gasteiger partial charge in [-0.05, 0) is 62.7 Å². The Morgan fingerprint density at radius 1 is 1.21 bits per heavy atom. The van der Waals surface area contributed by atoms with Crippen molar-refractivity contribution in [3.63, 3.8) is 0 Å². The van der Waals surface area contributed by atoms with Crippen LogP contribution in [0.3, 0.4) is 0 Å². The summed E-state index contributed by atoms with van der Waals surface area (Å²) in [5, 5.41) is 21.0. The third kappa shape index (κ3) is 8.56. The van der Waals surface area contributed by atoms with Crippen molar-refractivity contribution in [2.45, 2.75) is 88.7 Å². The molecule has 0 saturated heterocycles. The van der Waals surface area contributed by atoms with Gasteiger partial charge in [-0.25, -0.2) is 4.79 Å². The number of alkyl halides is 1. The number of ether oxygens (including phenoxy) is 2. The van der Waals surface area contributed by atoms with Crippen molar-refractivity contribution in [2.24, 2.45) is 17.8 Å². The van der Waals surface area contributed by atoms with Crippen LogP contribution in [-0.2, 0) is 14.3 Å². The molecule has 0 amide bonds. The lowest BCUT2D eigenvalue weighted by atomic mass is 9.81. The quantitative estimate of drug-likeness (QED) is 0.210. The second-order valence-electron chi connectivity index (χ2n) is 8.63. The van der Waals surface area contributed by atoms with Gasteiger partial charge >= 0.3 is 5.97 Å². The largest absolute Gasteiger partial charge is 0.464 e. The van der Waals surface area contributed by atoms with E-state index >= 15 is 0 Å². The first-order chi connectivity index (χ1) is 14.0. The molecule has 5 nitrogen and oxygen atoms in total. The van der Waals surface area contributed by atoms with Crippen LogP contribution in [0.4, 0.5) is 0 Å². The second-order valence-corrected chi connectivity index (χ2v) is 9.19. The highest BCUT2D eigenvalue weighted by Crippen LogP contribution is 2.42. The van der Waals surface area contributed by atoms with Crippen molar-refractivity contribution in [1.82, 2.24) is 0 Å². The van der Waals surface area contributed by atoms with E-state index in [0.717, 1.165) is 38.5 Å². The maximum atomic E-state index is 11.4. The Bertz CT molecular complexity index is 492. The van der Waals surface area contributed by atoms with Crippen LogP contribution >= 0.6 is 11.6 Å². The van der Waals surface area contributed by atoms with E-state index in [9.17, 15) is 15.0 Å². The van der Waals surface area contributed by atoms with Crippen molar-refractivity contribution >= 4 is 17.6 Å². The first-order valence-electron chi connectivity index (χ1n) is 11.4. The molecule has 168 valence electrons. The van der Waals surface area contributed by atoms with Crippen LogP contribution in [-0.4, -0.2) is 53.6 Å². The minimum atomic E-state index is -0.390. The molecule has 0 heterocycles. The summed E-state index contributed by atoms with van der Waals surface area (Å²) < 4.78 is 10.3. The predicted octanol–water partition coefficient (Wildman–Crippen LogP) is 4.23. The minimum Gasteiger partial charge on any atom is -0.464 e. The number of allylic oxidation sites excluding steroid dienone is 1. The molecule has 0 radical (unpaired) electrons. The van der Waals surface area contributed by atoms with Gasteiger partial charge in [-0.15, -0.1) is 11.6 Å². The monoisotopic (exact) mass is 430 g/mol. The summed E-state index contributed by atoms with van der Waals surface area (Å²) in [5.41, 5.74) is 0. The number of halogens is 1. The fraction of sp³-hybridized carbons (Fsp3) is 0.870. The molecule has 0 aromatic carbocycles. The van der Waals surface area contributed by atoms with Gasteiger partial charge in [-0.3, -0.25) is 0 Å². The average Bonchev–Trinajstić information content (AvgIpc) is 3.00. The topological polar surface area (TPSA) is 76.0 Å². The first kappa shape index (κ1) is 24.6. The molecule has 0 unspecified atom stereocenters. The lowest BCUT2D eigenvalue weighted by molar-refractivity contribution is -0.148. The number of hydrogen-bond donors (Lipinski definition) is 2. The first-order valence-corrected chi connectivity index (χ1v) is 11.8. The second kappa shape index (κ2) is 13.6. The Balaban J connectivity index is 1.70. The molecule has 0 aliphatic heterocycles. The van der Waals surface area contributed by atoms with Crippen LogP contribution in [0.15, 0.2) is 12.2 Å².